The summed E-state index contributed by atoms with van der Waals surface area (Å²) in [5.41, 5.74) is 0.818. The molecule has 0 aliphatic carbocycles. The van der Waals surface area contributed by atoms with Gasteiger partial charge in [0.05, 0.1) is 0 Å². The minimum absolute atomic E-state index is 0.244. The first-order valence-corrected chi connectivity index (χ1v) is 8.85. The second-order valence-corrected chi connectivity index (χ2v) is 6.09. The van der Waals surface area contributed by atoms with Crippen LogP contribution in [0.2, 0.25) is 0 Å². The number of unbranched alkanes of at least 4 members (excludes halogenated alkanes) is 1. The Kier molecular flexibility index (Phi) is 11.3. The van der Waals surface area contributed by atoms with Crippen LogP contribution in [0.3, 0.4) is 0 Å². The molecule has 126 valence electrons. The lowest BCUT2D eigenvalue weighted by Gasteiger charge is -2.17. The van der Waals surface area contributed by atoms with Crippen molar-refractivity contribution in [3.05, 3.63) is 35.4 Å². The summed E-state index contributed by atoms with van der Waals surface area (Å²) in [4.78, 5) is 11.3. The van der Waals surface area contributed by atoms with Gasteiger partial charge in [-0.3, -0.25) is 4.79 Å². The van der Waals surface area contributed by atoms with Crippen molar-refractivity contribution >= 4 is 15.0 Å². The lowest BCUT2D eigenvalue weighted by Crippen LogP contribution is -2.19. The first kappa shape index (κ1) is 21.2. The molecule has 0 saturated carbocycles. The number of carbonyl (C=O) groups excluding carboxylic acids is 1. The lowest BCUT2D eigenvalue weighted by atomic mass is 9.88. The first-order valence-electron chi connectivity index (χ1n) is 8.03. The maximum absolute atomic E-state index is 12.4. The third-order valence-electron chi connectivity index (χ3n) is 3.97. The second kappa shape index (κ2) is 11.7. The maximum Gasteiger partial charge on any atom is 0.159 e. The maximum atomic E-state index is 12.4. The third-order valence-corrected chi connectivity index (χ3v) is 4.37. The number of carbonyl (C=O) groups is 1. The minimum atomic E-state index is -0.780. The molecule has 0 aliphatic heterocycles. The molecule has 0 heterocycles. The van der Waals surface area contributed by atoms with Crippen molar-refractivity contribution in [1.82, 2.24) is 0 Å². The Hall–Kier alpha value is -0.820. The van der Waals surface area contributed by atoms with Crippen LogP contribution in [0.1, 0.15) is 52.5 Å². The van der Waals surface area contributed by atoms with Gasteiger partial charge in [-0.1, -0.05) is 53.0 Å². The molecule has 22 heavy (non-hydrogen) atoms. The Morgan fingerprint density at radius 3 is 2.27 bits per heavy atom. The van der Waals surface area contributed by atoms with Crippen molar-refractivity contribution in [2.24, 2.45) is 11.8 Å². The lowest BCUT2D eigenvalue weighted by molar-refractivity contribution is -0.121. The van der Waals surface area contributed by atoms with Gasteiger partial charge in [0.1, 0.15) is 5.78 Å². The fourth-order valence-corrected chi connectivity index (χ4v) is 2.41. The van der Waals surface area contributed by atoms with Crippen LogP contribution in [-0.2, 0) is 11.2 Å². The number of hydrogen-bond acceptors (Lipinski definition) is 1. The molecule has 3 unspecified atom stereocenters. The zero-order chi connectivity index (χ0) is 17.1. The van der Waals surface area contributed by atoms with E-state index in [1.807, 2.05) is 13.8 Å². The third kappa shape index (κ3) is 7.98. The highest BCUT2D eigenvalue weighted by atomic mass is 31.0. The molecule has 1 nitrogen and oxygen atoms in total. The molecule has 3 atom stereocenters. The zero-order valence-electron chi connectivity index (χ0n) is 14.2. The van der Waals surface area contributed by atoms with E-state index in [0.29, 0.717) is 17.9 Å². The number of ketones is 1. The van der Waals surface area contributed by atoms with Crippen molar-refractivity contribution in [1.29, 1.82) is 0 Å². The molecule has 1 rings (SSSR count). The number of rotatable bonds is 7. The molecule has 0 saturated heterocycles. The molecule has 0 bridgehead atoms. The van der Waals surface area contributed by atoms with E-state index in [-0.39, 0.29) is 5.92 Å². The Labute approximate surface area is 136 Å². The van der Waals surface area contributed by atoms with Crippen LogP contribution in [0, 0.1) is 23.5 Å². The molecular formula is C18H29F2OP. The number of halogens is 2. The van der Waals surface area contributed by atoms with Crippen LogP contribution in [0.15, 0.2) is 18.2 Å². The molecule has 0 aromatic heterocycles. The van der Waals surface area contributed by atoms with E-state index in [9.17, 15) is 13.6 Å². The van der Waals surface area contributed by atoms with Crippen LogP contribution >= 0.6 is 9.24 Å². The van der Waals surface area contributed by atoms with Crippen molar-refractivity contribution < 1.29 is 13.6 Å². The molecule has 0 aliphatic rings. The van der Waals surface area contributed by atoms with Gasteiger partial charge in [0.25, 0.3) is 0 Å². The highest BCUT2D eigenvalue weighted by Crippen LogP contribution is 2.19. The Balaban J connectivity index is 0.000000406. The standard InChI is InChI=1S/C10H21OP.C8H8F2/c1-4-5-6-8(2)9(3)10(11)7-12;1-2-6-3-4-7(9)8(10)5-6/h8-9H,4-7,12H2,1-3H3;3-5H,2H2,1H3. The van der Waals surface area contributed by atoms with Crippen LogP contribution in [0.25, 0.3) is 0 Å². The summed E-state index contributed by atoms with van der Waals surface area (Å²) in [6.45, 7) is 8.31. The molecule has 0 amide bonds. The summed E-state index contributed by atoms with van der Waals surface area (Å²) < 4.78 is 24.7. The van der Waals surface area contributed by atoms with Gasteiger partial charge in [-0.05, 0) is 30.0 Å². The fraction of sp³-hybridized carbons (Fsp3) is 0.611. The molecular weight excluding hydrogens is 301 g/mol. The average Bonchev–Trinajstić information content (AvgIpc) is 2.54. The van der Waals surface area contributed by atoms with E-state index >= 15 is 0 Å². The van der Waals surface area contributed by atoms with Gasteiger partial charge in [0.2, 0.25) is 0 Å². The Morgan fingerprint density at radius 1 is 1.18 bits per heavy atom. The number of benzene rings is 1. The van der Waals surface area contributed by atoms with E-state index in [1.165, 1.54) is 25.3 Å². The first-order chi connectivity index (χ1) is 10.4. The quantitative estimate of drug-likeness (QED) is 0.610. The molecule has 1 aromatic carbocycles. The second-order valence-electron chi connectivity index (χ2n) is 5.68. The monoisotopic (exact) mass is 330 g/mol. The van der Waals surface area contributed by atoms with Crippen LogP contribution in [0.4, 0.5) is 8.78 Å². The number of Topliss-reactive ketones (excluding diaryl/α,β-unsaturated/α-hetero) is 1. The topological polar surface area (TPSA) is 17.1 Å². The fourth-order valence-electron chi connectivity index (χ4n) is 2.04. The predicted molar refractivity (Wildman–Crippen MR) is 93.2 cm³/mol. The molecule has 0 fully saturated rings. The van der Waals surface area contributed by atoms with Gasteiger partial charge in [0.15, 0.2) is 11.6 Å². The normalized spacial score (nSPS) is 13.0. The molecule has 0 radical (unpaired) electrons. The van der Waals surface area contributed by atoms with Gasteiger partial charge in [0, 0.05) is 12.1 Å². The summed E-state index contributed by atoms with van der Waals surface area (Å²) in [5.74, 6) is -0.368. The van der Waals surface area contributed by atoms with E-state index < -0.39 is 11.6 Å². The molecule has 1 aromatic rings. The smallest absolute Gasteiger partial charge is 0.159 e. The largest absolute Gasteiger partial charge is 0.299 e. The van der Waals surface area contributed by atoms with Crippen molar-refractivity contribution in [2.45, 2.75) is 53.4 Å². The molecule has 4 heteroatoms. The predicted octanol–water partition coefficient (Wildman–Crippen LogP) is 5.42. The van der Waals surface area contributed by atoms with Crippen molar-refractivity contribution in [3.8, 4) is 0 Å². The zero-order valence-corrected chi connectivity index (χ0v) is 15.3. The van der Waals surface area contributed by atoms with Gasteiger partial charge in [-0.2, -0.15) is 0 Å². The van der Waals surface area contributed by atoms with E-state index in [1.54, 1.807) is 6.07 Å². The summed E-state index contributed by atoms with van der Waals surface area (Å²) in [6.07, 6.45) is 5.00. The Morgan fingerprint density at radius 2 is 1.82 bits per heavy atom. The van der Waals surface area contributed by atoms with Crippen LogP contribution in [-0.4, -0.2) is 11.9 Å². The SMILES string of the molecule is CCCCC(C)C(C)C(=O)CP.CCc1ccc(F)c(F)c1. The number of aryl methyl sites for hydroxylation is 1. The van der Waals surface area contributed by atoms with Crippen molar-refractivity contribution in [2.75, 3.05) is 6.16 Å². The minimum Gasteiger partial charge on any atom is -0.299 e. The molecule has 0 N–H and O–H groups in total. The molecule has 0 spiro atoms. The average molecular weight is 330 g/mol. The van der Waals surface area contributed by atoms with Crippen LogP contribution < -0.4 is 0 Å². The number of hydrogen-bond donors (Lipinski definition) is 0. The summed E-state index contributed by atoms with van der Waals surface area (Å²) in [5, 5.41) is 0. The summed E-state index contributed by atoms with van der Waals surface area (Å²) in [7, 11) is 2.51. The van der Waals surface area contributed by atoms with Gasteiger partial charge in [-0.25, -0.2) is 8.78 Å². The van der Waals surface area contributed by atoms with E-state index in [0.717, 1.165) is 18.1 Å². The van der Waals surface area contributed by atoms with E-state index in [4.69, 9.17) is 0 Å². The highest BCUT2D eigenvalue weighted by Gasteiger charge is 2.17. The highest BCUT2D eigenvalue weighted by molar-refractivity contribution is 7.18. The van der Waals surface area contributed by atoms with Crippen LogP contribution in [0.5, 0.6) is 0 Å². The van der Waals surface area contributed by atoms with Crippen molar-refractivity contribution in [3.63, 3.8) is 0 Å². The van der Waals surface area contributed by atoms with Gasteiger partial charge < -0.3 is 0 Å². The Bertz CT molecular complexity index is 449. The summed E-state index contributed by atoms with van der Waals surface area (Å²) >= 11 is 0. The van der Waals surface area contributed by atoms with Gasteiger partial charge in [-0.15, -0.1) is 9.24 Å². The van der Waals surface area contributed by atoms with Gasteiger partial charge >= 0.3 is 0 Å². The van der Waals surface area contributed by atoms with E-state index in [2.05, 4.69) is 23.1 Å². The summed E-state index contributed by atoms with van der Waals surface area (Å²) in [6, 6.07) is 3.95.